The molecule has 2 heteroatoms. The van der Waals surface area contributed by atoms with Crippen LogP contribution in [0.5, 0.6) is 0 Å². The van der Waals surface area contributed by atoms with Gasteiger partial charge in [0.05, 0.1) is 5.60 Å². The molecule has 0 aromatic heterocycles. The first-order valence-corrected chi connectivity index (χ1v) is 8.94. The zero-order chi connectivity index (χ0) is 14.2. The van der Waals surface area contributed by atoms with Crippen molar-refractivity contribution in [3.63, 3.8) is 0 Å². The summed E-state index contributed by atoms with van der Waals surface area (Å²) in [6.45, 7) is 9.37. The van der Waals surface area contributed by atoms with E-state index >= 15 is 0 Å². The highest BCUT2D eigenvalue weighted by Gasteiger charge is 2.48. The Balaban J connectivity index is 1.72. The lowest BCUT2D eigenvalue weighted by atomic mass is 9.66. The van der Waals surface area contributed by atoms with Crippen LogP contribution in [0.2, 0.25) is 0 Å². The van der Waals surface area contributed by atoms with E-state index in [-0.39, 0.29) is 0 Å². The summed E-state index contributed by atoms with van der Waals surface area (Å²) in [6.07, 6.45) is 10.9. The molecule has 1 saturated heterocycles. The molecule has 2 nitrogen and oxygen atoms in total. The smallest absolute Gasteiger partial charge is 0.0685 e. The maximum Gasteiger partial charge on any atom is 0.0685 e. The number of nitrogens with one attached hydrogen (secondary N) is 1. The van der Waals surface area contributed by atoms with Crippen LogP contribution in [0.1, 0.15) is 72.1 Å². The van der Waals surface area contributed by atoms with Gasteiger partial charge in [0, 0.05) is 12.6 Å². The largest absolute Gasteiger partial charge is 0.375 e. The summed E-state index contributed by atoms with van der Waals surface area (Å²) in [5.41, 5.74) is 0.817. The van der Waals surface area contributed by atoms with Crippen molar-refractivity contribution >= 4 is 0 Å². The molecule has 1 heterocycles. The van der Waals surface area contributed by atoms with Crippen LogP contribution < -0.4 is 5.32 Å². The van der Waals surface area contributed by atoms with E-state index in [1.807, 2.05) is 0 Å². The normalized spacial score (nSPS) is 36.8. The molecule has 1 spiro atoms. The van der Waals surface area contributed by atoms with E-state index in [9.17, 15) is 0 Å². The Bertz CT molecular complexity index is 334. The molecule has 3 atom stereocenters. The van der Waals surface area contributed by atoms with Crippen LogP contribution in [0, 0.1) is 17.3 Å². The van der Waals surface area contributed by atoms with E-state index in [4.69, 9.17) is 4.74 Å². The molecule has 0 aromatic rings. The maximum absolute atomic E-state index is 6.15. The Hall–Kier alpha value is -0.0800. The summed E-state index contributed by atoms with van der Waals surface area (Å²) in [4.78, 5) is 0. The fraction of sp³-hybridized carbons (Fsp3) is 1.00. The molecule has 3 fully saturated rings. The summed E-state index contributed by atoms with van der Waals surface area (Å²) >= 11 is 0. The van der Waals surface area contributed by atoms with Gasteiger partial charge in [-0.05, 0) is 68.7 Å². The summed E-state index contributed by atoms with van der Waals surface area (Å²) in [7, 11) is 0. The maximum atomic E-state index is 6.15. The third-order valence-corrected chi connectivity index (χ3v) is 6.52. The highest BCUT2D eigenvalue weighted by atomic mass is 16.5. The fourth-order valence-corrected chi connectivity index (χ4v) is 5.18. The van der Waals surface area contributed by atoms with E-state index in [1.165, 1.54) is 51.4 Å². The van der Waals surface area contributed by atoms with E-state index in [0.717, 1.165) is 31.0 Å². The van der Waals surface area contributed by atoms with E-state index < -0.39 is 0 Å². The predicted octanol–water partition coefficient (Wildman–Crippen LogP) is 4.14. The van der Waals surface area contributed by atoms with Crippen LogP contribution in [-0.2, 0) is 4.74 Å². The molecular weight excluding hydrogens is 246 g/mol. The molecule has 116 valence electrons. The molecule has 1 aliphatic heterocycles. The Kier molecular flexibility index (Phi) is 4.16. The van der Waals surface area contributed by atoms with Crippen LogP contribution in [0.25, 0.3) is 0 Å². The number of hydrogen-bond acceptors (Lipinski definition) is 2. The second-order valence-electron chi connectivity index (χ2n) is 8.21. The molecule has 3 unspecified atom stereocenters. The predicted molar refractivity (Wildman–Crippen MR) is 83.8 cm³/mol. The van der Waals surface area contributed by atoms with Crippen molar-refractivity contribution in [2.24, 2.45) is 17.3 Å². The molecule has 3 rings (SSSR count). The second kappa shape index (κ2) is 5.61. The van der Waals surface area contributed by atoms with Crippen LogP contribution in [-0.4, -0.2) is 24.8 Å². The van der Waals surface area contributed by atoms with Crippen LogP contribution in [0.3, 0.4) is 0 Å². The Morgan fingerprint density at radius 1 is 1.15 bits per heavy atom. The minimum absolute atomic E-state index is 0.291. The molecule has 2 aliphatic carbocycles. The summed E-state index contributed by atoms with van der Waals surface area (Å²) < 4.78 is 6.15. The minimum atomic E-state index is 0.291. The first kappa shape index (κ1) is 14.8. The lowest BCUT2D eigenvalue weighted by Gasteiger charge is -2.50. The zero-order valence-electron chi connectivity index (χ0n) is 13.7. The lowest BCUT2D eigenvalue weighted by Crippen LogP contribution is -2.53. The van der Waals surface area contributed by atoms with Gasteiger partial charge in [-0.25, -0.2) is 0 Å². The Labute approximate surface area is 125 Å². The van der Waals surface area contributed by atoms with Gasteiger partial charge in [-0.2, -0.15) is 0 Å². The van der Waals surface area contributed by atoms with Gasteiger partial charge in [0.2, 0.25) is 0 Å². The van der Waals surface area contributed by atoms with Gasteiger partial charge < -0.3 is 10.1 Å². The molecule has 0 bridgehead atoms. The standard InChI is InChI=1S/C18H33NO/c1-4-19-16(15-7-5-9-17(15,2)3)14-8-12-20-18(13-14)10-6-11-18/h14-16,19H,4-13H2,1-3H3. The third-order valence-electron chi connectivity index (χ3n) is 6.52. The van der Waals surface area contributed by atoms with Gasteiger partial charge in [-0.15, -0.1) is 0 Å². The average Bonchev–Trinajstić information content (AvgIpc) is 2.74. The monoisotopic (exact) mass is 279 g/mol. The van der Waals surface area contributed by atoms with Gasteiger partial charge in [-0.3, -0.25) is 0 Å². The van der Waals surface area contributed by atoms with E-state index in [2.05, 4.69) is 26.1 Å². The van der Waals surface area contributed by atoms with Crippen molar-refractivity contribution in [3.8, 4) is 0 Å². The van der Waals surface area contributed by atoms with Crippen molar-refractivity contribution in [1.29, 1.82) is 0 Å². The van der Waals surface area contributed by atoms with Crippen molar-refractivity contribution in [1.82, 2.24) is 5.32 Å². The first-order chi connectivity index (χ1) is 9.56. The molecular formula is C18H33NO. The van der Waals surface area contributed by atoms with Gasteiger partial charge in [0.1, 0.15) is 0 Å². The van der Waals surface area contributed by atoms with Gasteiger partial charge in [-0.1, -0.05) is 27.2 Å². The molecule has 20 heavy (non-hydrogen) atoms. The van der Waals surface area contributed by atoms with Gasteiger partial charge in [0.25, 0.3) is 0 Å². The number of ether oxygens (including phenoxy) is 1. The second-order valence-corrected chi connectivity index (χ2v) is 8.21. The summed E-state index contributed by atoms with van der Waals surface area (Å²) in [5, 5.41) is 3.88. The Morgan fingerprint density at radius 2 is 1.95 bits per heavy atom. The van der Waals surface area contributed by atoms with E-state index in [1.54, 1.807) is 0 Å². The molecule has 1 N–H and O–H groups in total. The summed E-state index contributed by atoms with van der Waals surface area (Å²) in [5.74, 6) is 1.70. The fourth-order valence-electron chi connectivity index (χ4n) is 5.18. The number of hydrogen-bond donors (Lipinski definition) is 1. The van der Waals surface area contributed by atoms with Crippen molar-refractivity contribution < 1.29 is 4.74 Å². The number of rotatable bonds is 4. The average molecular weight is 279 g/mol. The SMILES string of the molecule is CCNC(C1CCOC2(CCC2)C1)C1CCCC1(C)C. The zero-order valence-corrected chi connectivity index (χ0v) is 13.7. The lowest BCUT2D eigenvalue weighted by molar-refractivity contribution is -0.150. The highest BCUT2D eigenvalue weighted by molar-refractivity contribution is 5.01. The molecule has 0 radical (unpaired) electrons. The first-order valence-electron chi connectivity index (χ1n) is 8.94. The van der Waals surface area contributed by atoms with Crippen LogP contribution in [0.15, 0.2) is 0 Å². The third kappa shape index (κ3) is 2.66. The molecule has 2 saturated carbocycles. The van der Waals surface area contributed by atoms with E-state index in [0.29, 0.717) is 11.0 Å². The van der Waals surface area contributed by atoms with Crippen LogP contribution >= 0.6 is 0 Å². The minimum Gasteiger partial charge on any atom is -0.375 e. The van der Waals surface area contributed by atoms with Crippen molar-refractivity contribution in [2.45, 2.75) is 83.8 Å². The summed E-state index contributed by atoms with van der Waals surface area (Å²) in [6, 6.07) is 0.721. The molecule has 0 amide bonds. The van der Waals surface area contributed by atoms with Gasteiger partial charge >= 0.3 is 0 Å². The van der Waals surface area contributed by atoms with Crippen LogP contribution in [0.4, 0.5) is 0 Å². The quantitative estimate of drug-likeness (QED) is 0.835. The van der Waals surface area contributed by atoms with Crippen molar-refractivity contribution in [2.75, 3.05) is 13.2 Å². The molecule has 0 aromatic carbocycles. The molecule has 3 aliphatic rings. The van der Waals surface area contributed by atoms with Crippen molar-refractivity contribution in [3.05, 3.63) is 0 Å². The van der Waals surface area contributed by atoms with Gasteiger partial charge in [0.15, 0.2) is 0 Å². The Morgan fingerprint density at radius 3 is 2.50 bits per heavy atom. The topological polar surface area (TPSA) is 21.3 Å². The highest BCUT2D eigenvalue weighted by Crippen LogP contribution is 2.50.